The SMILES string of the molecule is COc1ccc(CN(CCCNc2ccnc3cc(Cl)ccc23)Cc2ccccc2)cc1. The summed E-state index contributed by atoms with van der Waals surface area (Å²) in [6, 6.07) is 26.8. The molecule has 0 aliphatic carbocycles. The fraction of sp³-hybridized carbons (Fsp3) is 0.222. The number of ether oxygens (including phenoxy) is 1. The summed E-state index contributed by atoms with van der Waals surface area (Å²) in [5, 5.41) is 5.38. The van der Waals surface area contributed by atoms with Gasteiger partial charge in [0.1, 0.15) is 5.75 Å². The second-order valence-corrected chi connectivity index (χ2v) is 8.28. The molecule has 3 aromatic carbocycles. The first-order valence-corrected chi connectivity index (χ1v) is 11.3. The van der Waals surface area contributed by atoms with Crippen molar-refractivity contribution < 1.29 is 4.74 Å². The van der Waals surface area contributed by atoms with Crippen molar-refractivity contribution in [2.45, 2.75) is 19.5 Å². The Labute approximate surface area is 194 Å². The summed E-state index contributed by atoms with van der Waals surface area (Å²) in [6.07, 6.45) is 2.85. The maximum Gasteiger partial charge on any atom is 0.118 e. The molecule has 4 nitrogen and oxygen atoms in total. The van der Waals surface area contributed by atoms with E-state index >= 15 is 0 Å². The van der Waals surface area contributed by atoms with Gasteiger partial charge in [0.05, 0.1) is 12.6 Å². The van der Waals surface area contributed by atoms with Crippen LogP contribution in [-0.4, -0.2) is 30.1 Å². The highest BCUT2D eigenvalue weighted by molar-refractivity contribution is 6.31. The third kappa shape index (κ3) is 6.00. The van der Waals surface area contributed by atoms with E-state index in [1.54, 1.807) is 7.11 Å². The van der Waals surface area contributed by atoms with Gasteiger partial charge in [0.2, 0.25) is 0 Å². The van der Waals surface area contributed by atoms with Crippen LogP contribution in [0.2, 0.25) is 5.02 Å². The molecule has 0 aliphatic rings. The van der Waals surface area contributed by atoms with Gasteiger partial charge in [-0.3, -0.25) is 9.88 Å². The van der Waals surface area contributed by atoms with E-state index in [1.165, 1.54) is 11.1 Å². The van der Waals surface area contributed by atoms with Crippen LogP contribution in [0.1, 0.15) is 17.5 Å². The third-order valence-electron chi connectivity index (χ3n) is 5.49. The van der Waals surface area contributed by atoms with Gasteiger partial charge < -0.3 is 10.1 Å². The Kier molecular flexibility index (Phi) is 7.59. The summed E-state index contributed by atoms with van der Waals surface area (Å²) in [5.41, 5.74) is 4.61. The van der Waals surface area contributed by atoms with E-state index in [2.05, 4.69) is 57.7 Å². The summed E-state index contributed by atoms with van der Waals surface area (Å²) < 4.78 is 5.29. The minimum Gasteiger partial charge on any atom is -0.497 e. The molecule has 0 radical (unpaired) electrons. The maximum atomic E-state index is 6.11. The zero-order valence-electron chi connectivity index (χ0n) is 18.3. The van der Waals surface area contributed by atoms with Gasteiger partial charge in [-0.25, -0.2) is 0 Å². The van der Waals surface area contributed by atoms with Crippen LogP contribution in [0.3, 0.4) is 0 Å². The summed E-state index contributed by atoms with van der Waals surface area (Å²) in [6.45, 7) is 3.69. The second-order valence-electron chi connectivity index (χ2n) is 7.84. The molecule has 0 spiro atoms. The van der Waals surface area contributed by atoms with Gasteiger partial charge in [0.25, 0.3) is 0 Å². The lowest BCUT2D eigenvalue weighted by Gasteiger charge is -2.23. The van der Waals surface area contributed by atoms with Gasteiger partial charge in [0.15, 0.2) is 0 Å². The Bertz CT molecular complexity index is 1130. The molecule has 32 heavy (non-hydrogen) atoms. The molecule has 164 valence electrons. The van der Waals surface area contributed by atoms with Crippen molar-refractivity contribution in [1.29, 1.82) is 0 Å². The summed E-state index contributed by atoms with van der Waals surface area (Å²) >= 11 is 6.11. The van der Waals surface area contributed by atoms with Crippen LogP contribution >= 0.6 is 11.6 Å². The molecule has 1 aromatic heterocycles. The van der Waals surface area contributed by atoms with Gasteiger partial charge >= 0.3 is 0 Å². The molecule has 0 unspecified atom stereocenters. The number of fused-ring (bicyclic) bond motifs is 1. The molecule has 0 amide bonds. The molecule has 0 saturated heterocycles. The van der Waals surface area contributed by atoms with E-state index in [1.807, 2.05) is 42.6 Å². The van der Waals surface area contributed by atoms with E-state index in [4.69, 9.17) is 16.3 Å². The molecule has 0 saturated carbocycles. The molecule has 1 N–H and O–H groups in total. The number of pyridine rings is 1. The third-order valence-corrected chi connectivity index (χ3v) is 5.72. The van der Waals surface area contributed by atoms with Crippen molar-refractivity contribution >= 4 is 28.2 Å². The van der Waals surface area contributed by atoms with Crippen LogP contribution in [0, 0.1) is 0 Å². The van der Waals surface area contributed by atoms with Crippen LogP contribution < -0.4 is 10.1 Å². The highest BCUT2D eigenvalue weighted by Gasteiger charge is 2.08. The number of anilines is 1. The lowest BCUT2D eigenvalue weighted by Crippen LogP contribution is -2.25. The molecule has 5 heteroatoms. The first-order valence-electron chi connectivity index (χ1n) is 10.9. The molecular formula is C27H28ClN3O. The Balaban J connectivity index is 1.38. The van der Waals surface area contributed by atoms with E-state index in [9.17, 15) is 0 Å². The Morgan fingerprint density at radius 3 is 2.41 bits per heavy atom. The zero-order valence-corrected chi connectivity index (χ0v) is 19.1. The minimum absolute atomic E-state index is 0.706. The largest absolute Gasteiger partial charge is 0.497 e. The fourth-order valence-electron chi connectivity index (χ4n) is 3.85. The number of nitrogens with zero attached hydrogens (tertiary/aromatic N) is 2. The van der Waals surface area contributed by atoms with Crippen LogP contribution in [0.25, 0.3) is 10.9 Å². The van der Waals surface area contributed by atoms with Gasteiger partial charge in [-0.1, -0.05) is 54.1 Å². The predicted octanol–water partition coefficient (Wildman–Crippen LogP) is 6.40. The average molecular weight is 446 g/mol. The summed E-state index contributed by atoms with van der Waals surface area (Å²) in [4.78, 5) is 6.91. The number of hydrogen-bond donors (Lipinski definition) is 1. The van der Waals surface area contributed by atoms with Crippen molar-refractivity contribution in [1.82, 2.24) is 9.88 Å². The first-order chi connectivity index (χ1) is 15.7. The Morgan fingerprint density at radius 1 is 0.906 bits per heavy atom. The van der Waals surface area contributed by atoms with Gasteiger partial charge in [-0.05, 0) is 53.9 Å². The maximum absolute atomic E-state index is 6.11. The van der Waals surface area contributed by atoms with Gasteiger partial charge in [-0.15, -0.1) is 0 Å². The van der Waals surface area contributed by atoms with E-state index < -0.39 is 0 Å². The van der Waals surface area contributed by atoms with E-state index in [0.29, 0.717) is 5.02 Å². The highest BCUT2D eigenvalue weighted by Crippen LogP contribution is 2.24. The number of rotatable bonds is 10. The van der Waals surface area contributed by atoms with Crippen LogP contribution in [0.15, 0.2) is 85.1 Å². The number of benzene rings is 3. The highest BCUT2D eigenvalue weighted by atomic mass is 35.5. The molecule has 0 atom stereocenters. The molecule has 4 aromatic rings. The molecule has 0 fully saturated rings. The standard InChI is InChI=1S/C27H28ClN3O/c1-32-24-11-8-22(9-12-24)20-31(19-21-6-3-2-4-7-21)17-5-15-29-26-14-16-30-27-18-23(28)10-13-25(26)27/h2-4,6-14,16,18H,5,15,17,19-20H2,1H3,(H,29,30). The first kappa shape index (κ1) is 22.1. The van der Waals surface area contributed by atoms with Crippen molar-refractivity contribution in [2.75, 3.05) is 25.5 Å². The van der Waals surface area contributed by atoms with Crippen LogP contribution in [0.5, 0.6) is 5.75 Å². The number of methoxy groups -OCH3 is 1. The minimum atomic E-state index is 0.706. The smallest absolute Gasteiger partial charge is 0.118 e. The molecular weight excluding hydrogens is 418 g/mol. The second kappa shape index (κ2) is 11.0. The Morgan fingerprint density at radius 2 is 1.66 bits per heavy atom. The summed E-state index contributed by atoms with van der Waals surface area (Å²) in [7, 11) is 1.70. The topological polar surface area (TPSA) is 37.4 Å². The number of nitrogens with one attached hydrogen (secondary N) is 1. The number of aromatic nitrogens is 1. The van der Waals surface area contributed by atoms with Crippen LogP contribution in [-0.2, 0) is 13.1 Å². The monoisotopic (exact) mass is 445 g/mol. The molecule has 4 rings (SSSR count). The Hall–Kier alpha value is -3.08. The predicted molar refractivity (Wildman–Crippen MR) is 133 cm³/mol. The van der Waals surface area contributed by atoms with Crippen molar-refractivity contribution in [3.8, 4) is 5.75 Å². The van der Waals surface area contributed by atoms with E-state index in [-0.39, 0.29) is 0 Å². The molecule has 0 bridgehead atoms. The van der Waals surface area contributed by atoms with Crippen LogP contribution in [0.4, 0.5) is 5.69 Å². The lowest BCUT2D eigenvalue weighted by atomic mass is 10.1. The van der Waals surface area contributed by atoms with Crippen molar-refractivity contribution in [2.24, 2.45) is 0 Å². The average Bonchev–Trinajstić information content (AvgIpc) is 2.82. The molecule has 1 heterocycles. The van der Waals surface area contributed by atoms with Crippen molar-refractivity contribution in [3.05, 3.63) is 101 Å². The summed E-state index contributed by atoms with van der Waals surface area (Å²) in [5.74, 6) is 0.887. The quantitative estimate of drug-likeness (QED) is 0.286. The number of hydrogen-bond acceptors (Lipinski definition) is 4. The normalized spacial score (nSPS) is 11.1. The van der Waals surface area contributed by atoms with Gasteiger partial charge in [-0.2, -0.15) is 0 Å². The van der Waals surface area contributed by atoms with Gasteiger partial charge in [0, 0.05) is 48.5 Å². The van der Waals surface area contributed by atoms with E-state index in [0.717, 1.165) is 54.9 Å². The number of halogens is 1. The molecule has 0 aliphatic heterocycles. The zero-order chi connectivity index (χ0) is 22.2. The van der Waals surface area contributed by atoms with Crippen molar-refractivity contribution in [3.63, 3.8) is 0 Å². The fourth-order valence-corrected chi connectivity index (χ4v) is 4.01. The lowest BCUT2D eigenvalue weighted by molar-refractivity contribution is 0.256.